The van der Waals surface area contributed by atoms with Crippen molar-refractivity contribution in [1.29, 1.82) is 0 Å². The van der Waals surface area contributed by atoms with E-state index in [0.717, 1.165) is 0 Å². The summed E-state index contributed by atoms with van der Waals surface area (Å²) in [5.41, 5.74) is 0. The van der Waals surface area contributed by atoms with Crippen LogP contribution in [-0.4, -0.2) is 17.8 Å². The summed E-state index contributed by atoms with van der Waals surface area (Å²) in [6.07, 6.45) is 1.43. The average molecular weight is 146 g/mol. The van der Waals surface area contributed by atoms with Gasteiger partial charge in [-0.15, -0.1) is 6.58 Å². The number of carbonyl (C=O) groups excluding carboxylic acids is 1. The quantitative estimate of drug-likeness (QED) is 0.366. The fraction of sp³-hybridized carbons (Fsp3) is 0.500. The van der Waals surface area contributed by atoms with E-state index in [1.807, 2.05) is 0 Å². The summed E-state index contributed by atoms with van der Waals surface area (Å²) >= 11 is 3.87. The lowest BCUT2D eigenvalue weighted by molar-refractivity contribution is -0.141. The molecule has 2 nitrogen and oxygen atoms in total. The number of thiol groups is 1. The highest BCUT2D eigenvalue weighted by molar-refractivity contribution is 7.82. The third kappa shape index (κ3) is 3.19. The maximum Gasteiger partial charge on any atom is 0.322 e. The summed E-state index contributed by atoms with van der Waals surface area (Å²) in [5.74, 6) is -0.337. The first-order valence-corrected chi connectivity index (χ1v) is 3.21. The first-order chi connectivity index (χ1) is 4.22. The second kappa shape index (κ2) is 4.44. The summed E-state index contributed by atoms with van der Waals surface area (Å²) in [7, 11) is 0. The molecule has 0 N–H and O–H groups in total. The second-order valence-corrected chi connectivity index (χ2v) is 1.99. The van der Waals surface area contributed by atoms with Gasteiger partial charge in [0, 0.05) is 0 Å². The van der Waals surface area contributed by atoms with E-state index in [4.69, 9.17) is 0 Å². The van der Waals surface area contributed by atoms with Gasteiger partial charge in [-0.25, -0.2) is 0 Å². The SMILES string of the molecule is C=CC(S)C(=O)OCC. The molecular weight excluding hydrogens is 136 g/mol. The molecule has 0 spiro atoms. The van der Waals surface area contributed by atoms with Gasteiger partial charge in [-0.3, -0.25) is 4.79 Å². The zero-order valence-corrected chi connectivity index (χ0v) is 6.23. The molecule has 0 aliphatic carbocycles. The van der Waals surface area contributed by atoms with Crippen LogP contribution < -0.4 is 0 Å². The van der Waals surface area contributed by atoms with Gasteiger partial charge < -0.3 is 4.74 Å². The molecule has 9 heavy (non-hydrogen) atoms. The fourth-order valence-corrected chi connectivity index (χ4v) is 0.398. The largest absolute Gasteiger partial charge is 0.465 e. The van der Waals surface area contributed by atoms with Crippen molar-refractivity contribution in [3.63, 3.8) is 0 Å². The van der Waals surface area contributed by atoms with Crippen LogP contribution in [0.2, 0.25) is 0 Å². The van der Waals surface area contributed by atoms with Gasteiger partial charge in [-0.1, -0.05) is 6.08 Å². The Morgan fingerprint density at radius 3 is 2.89 bits per heavy atom. The molecule has 0 amide bonds. The third-order valence-electron chi connectivity index (χ3n) is 0.751. The second-order valence-electron chi connectivity index (χ2n) is 1.43. The van der Waals surface area contributed by atoms with Crippen LogP contribution in [0.3, 0.4) is 0 Å². The highest BCUT2D eigenvalue weighted by Gasteiger charge is 2.08. The summed E-state index contributed by atoms with van der Waals surface area (Å²) in [6.45, 7) is 5.53. The maximum absolute atomic E-state index is 10.6. The number of esters is 1. The fourth-order valence-electron chi connectivity index (χ4n) is 0.324. The Labute approximate surface area is 60.3 Å². The molecule has 0 heterocycles. The van der Waals surface area contributed by atoms with Gasteiger partial charge in [-0.2, -0.15) is 12.6 Å². The minimum Gasteiger partial charge on any atom is -0.465 e. The Morgan fingerprint density at radius 2 is 2.56 bits per heavy atom. The van der Waals surface area contributed by atoms with Gasteiger partial charge in [0.25, 0.3) is 0 Å². The highest BCUT2D eigenvalue weighted by Crippen LogP contribution is 1.97. The van der Waals surface area contributed by atoms with E-state index >= 15 is 0 Å². The molecule has 1 unspecified atom stereocenters. The molecule has 0 radical (unpaired) electrons. The van der Waals surface area contributed by atoms with Crippen LogP contribution in [0.25, 0.3) is 0 Å². The molecule has 0 aromatic rings. The average Bonchev–Trinajstić information content (AvgIpc) is 1.87. The summed E-state index contributed by atoms with van der Waals surface area (Å²) in [6, 6.07) is 0. The van der Waals surface area contributed by atoms with Gasteiger partial charge >= 0.3 is 5.97 Å². The van der Waals surface area contributed by atoms with E-state index in [9.17, 15) is 4.79 Å². The predicted octanol–water partition coefficient (Wildman–Crippen LogP) is 1.03. The molecular formula is C6H10O2S. The molecule has 0 fully saturated rings. The zero-order valence-electron chi connectivity index (χ0n) is 5.33. The van der Waals surface area contributed by atoms with E-state index < -0.39 is 5.25 Å². The summed E-state index contributed by atoms with van der Waals surface area (Å²) in [4.78, 5) is 10.6. The third-order valence-corrected chi connectivity index (χ3v) is 1.17. The lowest BCUT2D eigenvalue weighted by Gasteiger charge is -2.02. The van der Waals surface area contributed by atoms with Crippen LogP contribution >= 0.6 is 12.6 Å². The van der Waals surface area contributed by atoms with Crippen LogP contribution in [0, 0.1) is 0 Å². The van der Waals surface area contributed by atoms with Crippen molar-refractivity contribution >= 4 is 18.6 Å². The lowest BCUT2D eigenvalue weighted by Crippen LogP contribution is -2.14. The Bertz CT molecular complexity index is 112. The number of hydrogen-bond acceptors (Lipinski definition) is 3. The molecule has 0 saturated carbocycles. The van der Waals surface area contributed by atoms with Crippen molar-refractivity contribution in [2.24, 2.45) is 0 Å². The van der Waals surface area contributed by atoms with Gasteiger partial charge in [0.1, 0.15) is 5.25 Å². The van der Waals surface area contributed by atoms with Crippen LogP contribution in [-0.2, 0) is 9.53 Å². The molecule has 0 bridgehead atoms. The van der Waals surface area contributed by atoms with Gasteiger partial charge in [0.05, 0.1) is 6.61 Å². The Hall–Kier alpha value is -0.440. The Balaban J connectivity index is 3.58. The molecule has 0 aromatic heterocycles. The number of hydrogen-bond donors (Lipinski definition) is 1. The van der Waals surface area contributed by atoms with E-state index in [1.54, 1.807) is 6.92 Å². The first-order valence-electron chi connectivity index (χ1n) is 2.69. The summed E-state index contributed by atoms with van der Waals surface area (Å²) in [5, 5.41) is -0.482. The molecule has 0 saturated heterocycles. The first kappa shape index (κ1) is 8.56. The van der Waals surface area contributed by atoms with E-state index in [2.05, 4.69) is 23.9 Å². The molecule has 0 aromatic carbocycles. The number of carbonyl (C=O) groups is 1. The van der Waals surface area contributed by atoms with Crippen LogP contribution in [0.1, 0.15) is 6.92 Å². The van der Waals surface area contributed by atoms with Crippen molar-refractivity contribution in [2.75, 3.05) is 6.61 Å². The van der Waals surface area contributed by atoms with Crippen LogP contribution in [0.5, 0.6) is 0 Å². The maximum atomic E-state index is 10.6. The van der Waals surface area contributed by atoms with Gasteiger partial charge in [-0.05, 0) is 6.92 Å². The van der Waals surface area contributed by atoms with Gasteiger partial charge in [0.2, 0.25) is 0 Å². The molecule has 3 heteroatoms. The minimum absolute atomic E-state index is 0.337. The molecule has 0 aliphatic rings. The molecule has 0 rings (SSSR count). The zero-order chi connectivity index (χ0) is 7.28. The normalized spacial score (nSPS) is 12.2. The standard InChI is InChI=1S/C6H10O2S/c1-3-5(9)6(7)8-4-2/h3,5,9H,1,4H2,2H3. The topological polar surface area (TPSA) is 26.3 Å². The highest BCUT2D eigenvalue weighted by atomic mass is 32.1. The molecule has 0 aliphatic heterocycles. The predicted molar refractivity (Wildman–Crippen MR) is 39.6 cm³/mol. The Kier molecular flexibility index (Phi) is 4.22. The van der Waals surface area contributed by atoms with Crippen molar-refractivity contribution in [3.05, 3.63) is 12.7 Å². The monoisotopic (exact) mass is 146 g/mol. The number of ether oxygens (including phenoxy) is 1. The van der Waals surface area contributed by atoms with E-state index in [-0.39, 0.29) is 5.97 Å². The van der Waals surface area contributed by atoms with Gasteiger partial charge in [0.15, 0.2) is 0 Å². The Morgan fingerprint density at radius 1 is 2.00 bits per heavy atom. The van der Waals surface area contributed by atoms with E-state index in [0.29, 0.717) is 6.61 Å². The van der Waals surface area contributed by atoms with Crippen LogP contribution in [0.4, 0.5) is 0 Å². The van der Waals surface area contributed by atoms with Crippen molar-refractivity contribution in [3.8, 4) is 0 Å². The lowest BCUT2D eigenvalue weighted by atomic mass is 10.4. The van der Waals surface area contributed by atoms with Crippen molar-refractivity contribution in [2.45, 2.75) is 12.2 Å². The van der Waals surface area contributed by atoms with Crippen molar-refractivity contribution in [1.82, 2.24) is 0 Å². The van der Waals surface area contributed by atoms with E-state index in [1.165, 1.54) is 6.08 Å². The van der Waals surface area contributed by atoms with Crippen molar-refractivity contribution < 1.29 is 9.53 Å². The van der Waals surface area contributed by atoms with Crippen LogP contribution in [0.15, 0.2) is 12.7 Å². The summed E-state index contributed by atoms with van der Waals surface area (Å²) < 4.78 is 4.61. The number of rotatable bonds is 3. The smallest absolute Gasteiger partial charge is 0.322 e. The molecule has 1 atom stereocenters. The minimum atomic E-state index is -0.482. The molecule has 52 valence electrons.